The molecule has 0 fully saturated rings. The van der Waals surface area contributed by atoms with Crippen molar-refractivity contribution in [3.63, 3.8) is 0 Å². The molecule has 1 heterocycles. The number of anilines is 3. The van der Waals surface area contributed by atoms with E-state index < -0.39 is 0 Å². The molecular weight excluding hydrogens is 266 g/mol. The van der Waals surface area contributed by atoms with Gasteiger partial charge in [0.15, 0.2) is 0 Å². The molecule has 0 atom stereocenters. The predicted molar refractivity (Wildman–Crippen MR) is 82.3 cm³/mol. The minimum absolute atomic E-state index is 0.293. The van der Waals surface area contributed by atoms with Crippen molar-refractivity contribution in [1.29, 1.82) is 0 Å². The quantitative estimate of drug-likeness (QED) is 0.899. The maximum absolute atomic E-state index is 5.11. The van der Waals surface area contributed by atoms with Crippen LogP contribution in [0.3, 0.4) is 0 Å². The highest BCUT2D eigenvalue weighted by molar-refractivity contribution is 5.62. The van der Waals surface area contributed by atoms with Gasteiger partial charge < -0.3 is 15.4 Å². The summed E-state index contributed by atoms with van der Waals surface area (Å²) < 4.78 is 5.11. The molecule has 0 unspecified atom stereocenters. The van der Waals surface area contributed by atoms with E-state index in [1.54, 1.807) is 14.2 Å². The fourth-order valence-electron chi connectivity index (χ4n) is 2.63. The van der Waals surface area contributed by atoms with Gasteiger partial charge in [-0.05, 0) is 42.9 Å². The molecule has 0 radical (unpaired) electrons. The highest BCUT2D eigenvalue weighted by Crippen LogP contribution is 2.29. The van der Waals surface area contributed by atoms with Crippen molar-refractivity contribution in [2.75, 3.05) is 24.8 Å². The van der Waals surface area contributed by atoms with Gasteiger partial charge in [-0.15, -0.1) is 0 Å². The molecule has 21 heavy (non-hydrogen) atoms. The Labute approximate surface area is 124 Å². The summed E-state index contributed by atoms with van der Waals surface area (Å²) in [5.74, 6) is 0.972. The summed E-state index contributed by atoms with van der Waals surface area (Å²) in [4.78, 5) is 12.7. The molecule has 110 valence electrons. The van der Waals surface area contributed by atoms with Crippen LogP contribution in [-0.4, -0.2) is 29.1 Å². The summed E-state index contributed by atoms with van der Waals surface area (Å²) in [7, 11) is 3.31. The lowest BCUT2D eigenvalue weighted by molar-refractivity contribution is 0.379. The maximum Gasteiger partial charge on any atom is 0.322 e. The second-order valence-electron chi connectivity index (χ2n) is 4.99. The van der Waals surface area contributed by atoms with Gasteiger partial charge >= 0.3 is 6.01 Å². The molecule has 2 aromatic rings. The van der Waals surface area contributed by atoms with Crippen LogP contribution < -0.4 is 15.4 Å². The normalized spacial score (nSPS) is 13.4. The standard InChI is InChI=1S/C15H19N5O/c1-16-13-18-14(20-15(19-13)21-2)17-12-9-5-7-10-6-3-4-8-11(10)12/h5,7,9H,3-4,6,8H2,1-2H3,(H2,16,17,18,19,20). The summed E-state index contributed by atoms with van der Waals surface area (Å²) in [6.07, 6.45) is 4.74. The first kappa shape index (κ1) is 13.6. The third-order valence-electron chi connectivity index (χ3n) is 3.66. The Kier molecular flexibility index (Phi) is 3.85. The van der Waals surface area contributed by atoms with Crippen molar-refractivity contribution in [2.45, 2.75) is 25.7 Å². The Morgan fingerprint density at radius 1 is 1.05 bits per heavy atom. The van der Waals surface area contributed by atoms with Gasteiger partial charge in [-0.25, -0.2) is 0 Å². The number of nitrogens with zero attached hydrogens (tertiary/aromatic N) is 3. The molecule has 1 aliphatic rings. The summed E-state index contributed by atoms with van der Waals surface area (Å²) in [5.41, 5.74) is 3.86. The molecule has 1 aromatic carbocycles. The van der Waals surface area contributed by atoms with E-state index in [0.717, 1.165) is 18.5 Å². The van der Waals surface area contributed by atoms with E-state index in [-0.39, 0.29) is 0 Å². The lowest BCUT2D eigenvalue weighted by Crippen LogP contribution is -2.09. The fourth-order valence-corrected chi connectivity index (χ4v) is 2.63. The number of aryl methyl sites for hydroxylation is 1. The van der Waals surface area contributed by atoms with E-state index in [1.807, 2.05) is 0 Å². The Bertz CT molecular complexity index is 622. The summed E-state index contributed by atoms with van der Waals surface area (Å²) in [6, 6.07) is 6.64. The van der Waals surface area contributed by atoms with Gasteiger partial charge in [-0.3, -0.25) is 0 Å². The molecule has 6 nitrogen and oxygen atoms in total. The van der Waals surface area contributed by atoms with Gasteiger partial charge in [0.05, 0.1) is 7.11 Å². The van der Waals surface area contributed by atoms with Crippen molar-refractivity contribution < 1.29 is 4.74 Å². The first-order valence-corrected chi connectivity index (χ1v) is 7.16. The molecule has 1 aromatic heterocycles. The zero-order chi connectivity index (χ0) is 14.7. The molecule has 0 amide bonds. The van der Waals surface area contributed by atoms with E-state index >= 15 is 0 Å². The average molecular weight is 285 g/mol. The molecule has 0 spiro atoms. The van der Waals surface area contributed by atoms with Crippen LogP contribution in [0.15, 0.2) is 18.2 Å². The molecule has 0 bridgehead atoms. The number of rotatable bonds is 4. The van der Waals surface area contributed by atoms with Crippen LogP contribution in [0.5, 0.6) is 6.01 Å². The maximum atomic E-state index is 5.11. The molecule has 1 aliphatic carbocycles. The second-order valence-corrected chi connectivity index (χ2v) is 4.99. The lowest BCUT2D eigenvalue weighted by atomic mass is 9.90. The minimum atomic E-state index is 0.293. The lowest BCUT2D eigenvalue weighted by Gasteiger charge is -2.19. The van der Waals surface area contributed by atoms with Crippen LogP contribution in [0.25, 0.3) is 0 Å². The summed E-state index contributed by atoms with van der Waals surface area (Å²) >= 11 is 0. The molecule has 2 N–H and O–H groups in total. The molecule has 3 rings (SSSR count). The van der Waals surface area contributed by atoms with E-state index in [0.29, 0.717) is 17.9 Å². The van der Waals surface area contributed by atoms with Crippen LogP contribution in [0, 0.1) is 0 Å². The first-order valence-electron chi connectivity index (χ1n) is 7.16. The van der Waals surface area contributed by atoms with Crippen molar-refractivity contribution >= 4 is 17.6 Å². The predicted octanol–water partition coefficient (Wildman–Crippen LogP) is 2.54. The minimum Gasteiger partial charge on any atom is -0.467 e. The van der Waals surface area contributed by atoms with Crippen LogP contribution in [0.2, 0.25) is 0 Å². The first-order chi connectivity index (χ1) is 10.3. The number of hydrogen-bond acceptors (Lipinski definition) is 6. The zero-order valence-electron chi connectivity index (χ0n) is 12.3. The number of aromatic nitrogens is 3. The van der Waals surface area contributed by atoms with Crippen LogP contribution >= 0.6 is 0 Å². The number of ether oxygens (including phenoxy) is 1. The second kappa shape index (κ2) is 5.95. The summed E-state index contributed by atoms with van der Waals surface area (Å²) in [6.45, 7) is 0. The Morgan fingerprint density at radius 2 is 1.86 bits per heavy atom. The highest BCUT2D eigenvalue weighted by atomic mass is 16.5. The average Bonchev–Trinajstić information content (AvgIpc) is 2.55. The third kappa shape index (κ3) is 2.89. The van der Waals surface area contributed by atoms with Crippen LogP contribution in [0.1, 0.15) is 24.0 Å². The SMILES string of the molecule is CNc1nc(Nc2cccc3c2CCCC3)nc(OC)n1. The molecule has 0 saturated carbocycles. The molecule has 0 aliphatic heterocycles. The van der Waals surface area contributed by atoms with Crippen molar-refractivity contribution in [3.05, 3.63) is 29.3 Å². The Balaban J connectivity index is 1.93. The number of methoxy groups -OCH3 is 1. The zero-order valence-corrected chi connectivity index (χ0v) is 12.3. The van der Waals surface area contributed by atoms with Gasteiger partial charge in [-0.1, -0.05) is 12.1 Å². The molecular formula is C15H19N5O. The smallest absolute Gasteiger partial charge is 0.322 e. The Hall–Kier alpha value is -2.37. The monoisotopic (exact) mass is 285 g/mol. The van der Waals surface area contributed by atoms with Gasteiger partial charge in [0, 0.05) is 12.7 Å². The highest BCUT2D eigenvalue weighted by Gasteiger charge is 2.14. The number of nitrogens with one attached hydrogen (secondary N) is 2. The van der Waals surface area contributed by atoms with Crippen molar-refractivity contribution in [2.24, 2.45) is 0 Å². The van der Waals surface area contributed by atoms with Gasteiger partial charge in [-0.2, -0.15) is 15.0 Å². The van der Waals surface area contributed by atoms with Gasteiger partial charge in [0.25, 0.3) is 0 Å². The third-order valence-corrected chi connectivity index (χ3v) is 3.66. The van der Waals surface area contributed by atoms with E-state index in [4.69, 9.17) is 4.74 Å². The topological polar surface area (TPSA) is 72.0 Å². The van der Waals surface area contributed by atoms with Gasteiger partial charge in [0.2, 0.25) is 11.9 Å². The van der Waals surface area contributed by atoms with Crippen molar-refractivity contribution in [1.82, 2.24) is 15.0 Å². The van der Waals surface area contributed by atoms with Gasteiger partial charge in [0.1, 0.15) is 0 Å². The molecule has 0 saturated heterocycles. The van der Waals surface area contributed by atoms with E-state index in [2.05, 4.69) is 43.8 Å². The van der Waals surface area contributed by atoms with E-state index in [1.165, 1.54) is 24.0 Å². The number of benzene rings is 1. The Morgan fingerprint density at radius 3 is 2.67 bits per heavy atom. The largest absolute Gasteiger partial charge is 0.467 e. The number of hydrogen-bond donors (Lipinski definition) is 2. The van der Waals surface area contributed by atoms with Crippen LogP contribution in [0.4, 0.5) is 17.6 Å². The molecule has 6 heteroatoms. The summed E-state index contributed by atoms with van der Waals surface area (Å²) in [5, 5.41) is 6.21. The van der Waals surface area contributed by atoms with Crippen LogP contribution in [-0.2, 0) is 12.8 Å². The van der Waals surface area contributed by atoms with Crippen molar-refractivity contribution in [3.8, 4) is 6.01 Å². The fraction of sp³-hybridized carbons (Fsp3) is 0.400. The van der Waals surface area contributed by atoms with E-state index in [9.17, 15) is 0 Å². The number of fused-ring (bicyclic) bond motifs is 1.